The van der Waals surface area contributed by atoms with Gasteiger partial charge in [0.2, 0.25) is 0 Å². The van der Waals surface area contributed by atoms with E-state index in [-0.39, 0.29) is 0 Å². The molecular formula is C27H43N. The van der Waals surface area contributed by atoms with Crippen molar-refractivity contribution in [1.29, 1.82) is 0 Å². The molecule has 0 aliphatic carbocycles. The number of aliphatic imine (C=N–C) groups is 1. The van der Waals surface area contributed by atoms with Crippen molar-refractivity contribution < 1.29 is 0 Å². The van der Waals surface area contributed by atoms with Crippen LogP contribution in [0.2, 0.25) is 0 Å². The molecule has 0 spiro atoms. The Balaban J connectivity index is 0. The van der Waals surface area contributed by atoms with Crippen LogP contribution in [0.5, 0.6) is 0 Å². The quantitative estimate of drug-likeness (QED) is 0.346. The van der Waals surface area contributed by atoms with E-state index in [9.17, 15) is 0 Å². The van der Waals surface area contributed by atoms with Crippen molar-refractivity contribution in [2.45, 2.75) is 67.7 Å². The molecule has 0 amide bonds. The maximum atomic E-state index is 4.21. The van der Waals surface area contributed by atoms with E-state index >= 15 is 0 Å². The fourth-order valence-electron chi connectivity index (χ4n) is 2.11. The summed E-state index contributed by atoms with van der Waals surface area (Å²) >= 11 is 0. The van der Waals surface area contributed by atoms with Gasteiger partial charge in [-0.05, 0) is 49.7 Å². The monoisotopic (exact) mass is 381 g/mol. The summed E-state index contributed by atoms with van der Waals surface area (Å²) in [6.45, 7) is 22.5. The fourth-order valence-corrected chi connectivity index (χ4v) is 2.11. The molecule has 0 aromatic heterocycles. The summed E-state index contributed by atoms with van der Waals surface area (Å²) in [5.74, 6) is 0. The summed E-state index contributed by atoms with van der Waals surface area (Å²) in [6, 6.07) is 10.5. The van der Waals surface area contributed by atoms with Crippen molar-refractivity contribution in [3.05, 3.63) is 84.5 Å². The van der Waals surface area contributed by atoms with Gasteiger partial charge in [-0.25, -0.2) is 0 Å². The Hall–Kier alpha value is -2.15. The molecule has 1 heteroatoms. The van der Waals surface area contributed by atoms with Crippen LogP contribution in [0.1, 0.15) is 66.9 Å². The second-order valence-corrected chi connectivity index (χ2v) is 7.97. The minimum Gasteiger partial charge on any atom is -0.297 e. The lowest BCUT2D eigenvalue weighted by atomic mass is 9.89. The van der Waals surface area contributed by atoms with Gasteiger partial charge < -0.3 is 0 Å². The molecule has 0 radical (unpaired) electrons. The molecule has 0 atom stereocenters. The maximum Gasteiger partial charge on any atom is 0.0276 e. The number of allylic oxidation sites excluding steroid dienone is 6. The van der Waals surface area contributed by atoms with E-state index in [0.29, 0.717) is 5.41 Å². The predicted octanol–water partition coefficient (Wildman–Crippen LogP) is 8.40. The van der Waals surface area contributed by atoms with Gasteiger partial charge in [0.15, 0.2) is 0 Å². The second-order valence-electron chi connectivity index (χ2n) is 7.97. The molecular weight excluding hydrogens is 338 g/mol. The summed E-state index contributed by atoms with van der Waals surface area (Å²) in [5.41, 5.74) is 5.44. The minimum absolute atomic E-state index is 0.394. The Bertz CT molecular complexity index is 622. The van der Waals surface area contributed by atoms with E-state index < -0.39 is 0 Å². The van der Waals surface area contributed by atoms with Crippen molar-refractivity contribution >= 4 is 5.71 Å². The second kappa shape index (κ2) is 17.0. The zero-order chi connectivity index (χ0) is 22.0. The van der Waals surface area contributed by atoms with Crippen LogP contribution in [0.15, 0.2) is 83.9 Å². The van der Waals surface area contributed by atoms with Gasteiger partial charge in [0.25, 0.3) is 0 Å². The molecule has 1 aromatic rings. The lowest BCUT2D eigenvalue weighted by Gasteiger charge is -2.18. The molecule has 0 bridgehead atoms. The van der Waals surface area contributed by atoms with Crippen LogP contribution in [0.3, 0.4) is 0 Å². The van der Waals surface area contributed by atoms with Crippen LogP contribution in [-0.2, 0) is 6.42 Å². The number of nitrogens with zero attached hydrogens (tertiary/aromatic N) is 1. The molecule has 0 aliphatic rings. The largest absolute Gasteiger partial charge is 0.297 e. The van der Waals surface area contributed by atoms with Gasteiger partial charge in [-0.3, -0.25) is 4.99 Å². The molecule has 1 aromatic carbocycles. The van der Waals surface area contributed by atoms with E-state index in [1.165, 1.54) is 16.8 Å². The fraction of sp³-hybridized carbons (Fsp3) is 0.444. The van der Waals surface area contributed by atoms with Gasteiger partial charge in [0.05, 0.1) is 0 Å². The first-order valence-electron chi connectivity index (χ1n) is 10.2. The Morgan fingerprint density at radius 1 is 1.04 bits per heavy atom. The first-order chi connectivity index (χ1) is 13.1. The lowest BCUT2D eigenvalue weighted by molar-refractivity contribution is 0.431. The number of rotatable bonds is 6. The van der Waals surface area contributed by atoms with Crippen molar-refractivity contribution in [3.63, 3.8) is 0 Å². The molecule has 1 rings (SSSR count). The summed E-state index contributed by atoms with van der Waals surface area (Å²) in [4.78, 5) is 4.21. The molecule has 0 unspecified atom stereocenters. The minimum atomic E-state index is 0.394. The zero-order valence-electron chi connectivity index (χ0n) is 19.7. The highest BCUT2D eigenvalue weighted by Gasteiger charge is 2.12. The maximum absolute atomic E-state index is 4.21. The van der Waals surface area contributed by atoms with Crippen molar-refractivity contribution in [2.24, 2.45) is 10.4 Å². The first kappa shape index (κ1) is 28.1. The third kappa shape index (κ3) is 18.6. The van der Waals surface area contributed by atoms with Crippen LogP contribution >= 0.6 is 0 Å². The van der Waals surface area contributed by atoms with Crippen LogP contribution < -0.4 is 0 Å². The summed E-state index contributed by atoms with van der Waals surface area (Å²) in [6.07, 6.45) is 11.0. The average molecular weight is 382 g/mol. The molecule has 0 heterocycles. The standard InChI is InChI=1S/C10H14.C9H19N.C8H10/c1-5-6-7-8-10(4)9(2)3;1-6-8(10-5)7-9(2,3)4;1-2-8-6-4-3-5-7-8/h5-8H,1-2H2,3-4H3;6-7H2,1-5H3;3-7H,2H2,1H3/b7-6-,10-8+;;. The summed E-state index contributed by atoms with van der Waals surface area (Å²) in [5, 5.41) is 0. The Kier molecular flexibility index (Phi) is 17.0. The van der Waals surface area contributed by atoms with E-state index in [1.54, 1.807) is 6.08 Å². The third-order valence-electron chi connectivity index (χ3n) is 3.98. The topological polar surface area (TPSA) is 12.4 Å². The van der Waals surface area contributed by atoms with Crippen LogP contribution in [-0.4, -0.2) is 12.8 Å². The predicted molar refractivity (Wildman–Crippen MR) is 131 cm³/mol. The highest BCUT2D eigenvalue weighted by molar-refractivity contribution is 5.84. The number of benzene rings is 1. The molecule has 0 saturated carbocycles. The van der Waals surface area contributed by atoms with Crippen molar-refractivity contribution in [1.82, 2.24) is 0 Å². The highest BCUT2D eigenvalue weighted by Crippen LogP contribution is 2.19. The summed E-state index contributed by atoms with van der Waals surface area (Å²) < 4.78 is 0. The SMILES string of the molecule is C=C/C=C\C=C(/C)C(=C)C.CCC(CC(C)(C)C)=NC.CCc1ccccc1. The molecule has 1 nitrogen and oxygen atoms in total. The van der Waals surface area contributed by atoms with E-state index in [1.807, 2.05) is 45.2 Å². The van der Waals surface area contributed by atoms with E-state index in [2.05, 4.69) is 77.0 Å². The van der Waals surface area contributed by atoms with Crippen LogP contribution in [0.25, 0.3) is 0 Å². The molecule has 0 N–H and O–H groups in total. The smallest absolute Gasteiger partial charge is 0.0276 e. The molecule has 0 fully saturated rings. The van der Waals surface area contributed by atoms with Gasteiger partial charge in [-0.15, -0.1) is 0 Å². The molecule has 28 heavy (non-hydrogen) atoms. The first-order valence-corrected chi connectivity index (χ1v) is 10.2. The molecule has 156 valence electrons. The Labute approximate surface area is 175 Å². The highest BCUT2D eigenvalue weighted by atomic mass is 14.7. The van der Waals surface area contributed by atoms with Crippen molar-refractivity contribution in [3.8, 4) is 0 Å². The lowest BCUT2D eigenvalue weighted by Crippen LogP contribution is -2.12. The number of aryl methyl sites for hydroxylation is 1. The normalized spacial score (nSPS) is 11.9. The van der Waals surface area contributed by atoms with E-state index in [0.717, 1.165) is 24.8 Å². The number of hydrogen-bond donors (Lipinski definition) is 0. The summed E-state index contributed by atoms with van der Waals surface area (Å²) in [7, 11) is 1.88. The number of hydrogen-bond acceptors (Lipinski definition) is 1. The molecule has 0 aliphatic heterocycles. The van der Waals surface area contributed by atoms with Gasteiger partial charge in [0.1, 0.15) is 0 Å². The Morgan fingerprint density at radius 3 is 1.89 bits per heavy atom. The van der Waals surface area contributed by atoms with Crippen LogP contribution in [0.4, 0.5) is 0 Å². The van der Waals surface area contributed by atoms with Gasteiger partial charge in [-0.2, -0.15) is 0 Å². The van der Waals surface area contributed by atoms with Gasteiger partial charge in [-0.1, -0.05) is 108 Å². The molecule has 0 saturated heterocycles. The van der Waals surface area contributed by atoms with E-state index in [4.69, 9.17) is 0 Å². The Morgan fingerprint density at radius 2 is 1.61 bits per heavy atom. The zero-order valence-corrected chi connectivity index (χ0v) is 19.7. The third-order valence-corrected chi connectivity index (χ3v) is 3.98. The van der Waals surface area contributed by atoms with Crippen LogP contribution in [0, 0.1) is 5.41 Å². The van der Waals surface area contributed by atoms with Gasteiger partial charge in [0, 0.05) is 12.8 Å². The van der Waals surface area contributed by atoms with Crippen molar-refractivity contribution in [2.75, 3.05) is 7.05 Å². The van der Waals surface area contributed by atoms with Gasteiger partial charge >= 0.3 is 0 Å². The average Bonchev–Trinajstić information content (AvgIpc) is 2.67.